The Bertz CT molecular complexity index is 927. The molecule has 0 fully saturated rings. The Balaban J connectivity index is 1.56. The minimum atomic E-state index is -0.288. The summed E-state index contributed by atoms with van der Waals surface area (Å²) in [5, 5.41) is 13.8. The summed E-state index contributed by atoms with van der Waals surface area (Å²) in [7, 11) is 3.60. The van der Waals surface area contributed by atoms with Crippen molar-refractivity contribution in [1.29, 1.82) is 0 Å². The van der Waals surface area contributed by atoms with Crippen molar-refractivity contribution in [1.82, 2.24) is 15.0 Å². The first-order valence-corrected chi connectivity index (χ1v) is 9.56. The van der Waals surface area contributed by atoms with Crippen molar-refractivity contribution < 1.29 is 18.8 Å². The molecule has 1 unspecified atom stereocenters. The molecule has 154 valence electrons. The largest absolute Gasteiger partial charge is 0.497 e. The first-order chi connectivity index (χ1) is 14.0. The molecule has 0 saturated carbocycles. The maximum atomic E-state index is 13.7. The third-order valence-electron chi connectivity index (χ3n) is 5.01. The second-order valence-corrected chi connectivity index (χ2v) is 7.03. The molecule has 0 aliphatic carbocycles. The molecule has 0 saturated heterocycles. The number of halogens is 1. The zero-order valence-corrected chi connectivity index (χ0v) is 16.9. The smallest absolute Gasteiger partial charge is 0.227 e. The highest BCUT2D eigenvalue weighted by atomic mass is 19.1. The van der Waals surface area contributed by atoms with Crippen LogP contribution in [-0.2, 0) is 6.42 Å². The first kappa shape index (κ1) is 21.0. The summed E-state index contributed by atoms with van der Waals surface area (Å²) in [6.07, 6.45) is 1.39. The zero-order valence-electron chi connectivity index (χ0n) is 16.9. The van der Waals surface area contributed by atoms with Crippen LogP contribution in [0.2, 0.25) is 0 Å². The standard InChI is InChI=1S/C22H26FN3O3/c1-15-6-7-17(13-19(15)23)22-24-21(29-25-22)5-4-12-26(2)20(14-27)16-8-10-18(28-3)11-9-16/h6-11,13,20,27H,4-5,12,14H2,1-3H3. The number of nitrogens with zero attached hydrogens (tertiary/aromatic N) is 3. The van der Waals surface area contributed by atoms with Crippen LogP contribution in [0, 0.1) is 12.7 Å². The fourth-order valence-corrected chi connectivity index (χ4v) is 3.17. The van der Waals surface area contributed by atoms with Gasteiger partial charge in [-0.3, -0.25) is 4.90 Å². The number of methoxy groups -OCH3 is 1. The van der Waals surface area contributed by atoms with Crippen LogP contribution in [0.15, 0.2) is 47.0 Å². The fraction of sp³-hybridized carbons (Fsp3) is 0.364. The molecule has 0 aliphatic rings. The van der Waals surface area contributed by atoms with E-state index >= 15 is 0 Å². The van der Waals surface area contributed by atoms with Gasteiger partial charge in [0, 0.05) is 12.0 Å². The van der Waals surface area contributed by atoms with E-state index in [4.69, 9.17) is 9.26 Å². The third kappa shape index (κ3) is 5.19. The molecule has 1 N–H and O–H groups in total. The van der Waals surface area contributed by atoms with E-state index in [-0.39, 0.29) is 18.5 Å². The highest BCUT2D eigenvalue weighted by molar-refractivity contribution is 5.54. The van der Waals surface area contributed by atoms with Gasteiger partial charge in [0.25, 0.3) is 0 Å². The highest BCUT2D eigenvalue weighted by Gasteiger charge is 2.17. The van der Waals surface area contributed by atoms with E-state index in [9.17, 15) is 9.50 Å². The Labute approximate surface area is 169 Å². The van der Waals surface area contributed by atoms with Gasteiger partial charge in [-0.2, -0.15) is 4.98 Å². The molecular formula is C22H26FN3O3. The first-order valence-electron chi connectivity index (χ1n) is 9.56. The zero-order chi connectivity index (χ0) is 20.8. The van der Waals surface area contributed by atoms with Crippen LogP contribution < -0.4 is 4.74 Å². The van der Waals surface area contributed by atoms with Crippen LogP contribution in [0.5, 0.6) is 5.75 Å². The van der Waals surface area contributed by atoms with Gasteiger partial charge in [0.05, 0.1) is 19.8 Å². The van der Waals surface area contributed by atoms with Crippen LogP contribution in [-0.4, -0.2) is 47.5 Å². The summed E-state index contributed by atoms with van der Waals surface area (Å²) >= 11 is 0. The maximum absolute atomic E-state index is 13.7. The normalized spacial score (nSPS) is 12.3. The molecule has 0 aliphatic heterocycles. The van der Waals surface area contributed by atoms with Gasteiger partial charge in [-0.15, -0.1) is 0 Å². The van der Waals surface area contributed by atoms with Gasteiger partial charge in [0.1, 0.15) is 11.6 Å². The Morgan fingerprint density at radius 1 is 1.21 bits per heavy atom. The molecule has 1 aromatic heterocycles. The Hall–Kier alpha value is -2.77. The second-order valence-electron chi connectivity index (χ2n) is 7.03. The highest BCUT2D eigenvalue weighted by Crippen LogP contribution is 2.23. The van der Waals surface area contributed by atoms with E-state index in [1.165, 1.54) is 6.07 Å². The molecule has 3 aromatic rings. The number of aryl methyl sites for hydroxylation is 2. The lowest BCUT2D eigenvalue weighted by Crippen LogP contribution is -2.28. The van der Waals surface area contributed by atoms with E-state index in [1.807, 2.05) is 31.3 Å². The van der Waals surface area contributed by atoms with Crippen molar-refractivity contribution in [2.75, 3.05) is 27.3 Å². The van der Waals surface area contributed by atoms with Crippen LogP contribution in [0.25, 0.3) is 11.4 Å². The van der Waals surface area contributed by atoms with E-state index in [1.54, 1.807) is 26.2 Å². The Kier molecular flexibility index (Phi) is 6.95. The quantitative estimate of drug-likeness (QED) is 0.590. The van der Waals surface area contributed by atoms with Crippen molar-refractivity contribution in [3.63, 3.8) is 0 Å². The average molecular weight is 399 g/mol. The number of aliphatic hydroxyl groups excluding tert-OH is 1. The van der Waals surface area contributed by atoms with E-state index < -0.39 is 0 Å². The second kappa shape index (κ2) is 9.62. The molecule has 2 aromatic carbocycles. The topological polar surface area (TPSA) is 71.6 Å². The summed E-state index contributed by atoms with van der Waals surface area (Å²) in [6.45, 7) is 2.48. The number of hydrogen-bond acceptors (Lipinski definition) is 6. The molecule has 0 radical (unpaired) electrons. The number of benzene rings is 2. The van der Waals surface area contributed by atoms with Crippen molar-refractivity contribution >= 4 is 0 Å². The van der Waals surface area contributed by atoms with Crippen LogP contribution in [0.1, 0.15) is 29.5 Å². The summed E-state index contributed by atoms with van der Waals surface area (Å²) in [6, 6.07) is 12.5. The molecule has 0 bridgehead atoms. The molecule has 3 rings (SSSR count). The molecule has 0 amide bonds. The Morgan fingerprint density at radius 2 is 1.97 bits per heavy atom. The summed E-state index contributed by atoms with van der Waals surface area (Å²) < 4.78 is 24.2. The summed E-state index contributed by atoms with van der Waals surface area (Å²) in [5.41, 5.74) is 2.20. The summed E-state index contributed by atoms with van der Waals surface area (Å²) in [4.78, 5) is 6.46. The minimum Gasteiger partial charge on any atom is -0.497 e. The molecule has 6 nitrogen and oxygen atoms in total. The minimum absolute atomic E-state index is 0.0204. The van der Waals surface area contributed by atoms with Crippen LogP contribution >= 0.6 is 0 Å². The number of aliphatic hydroxyl groups is 1. The molecule has 1 heterocycles. The molecular weight excluding hydrogens is 373 g/mol. The molecule has 1 atom stereocenters. The van der Waals surface area contributed by atoms with E-state index in [0.29, 0.717) is 29.3 Å². The third-order valence-corrected chi connectivity index (χ3v) is 5.01. The maximum Gasteiger partial charge on any atom is 0.227 e. The van der Waals surface area contributed by atoms with E-state index in [0.717, 1.165) is 24.3 Å². The summed E-state index contributed by atoms with van der Waals surface area (Å²) in [5.74, 6) is 1.40. The van der Waals surface area contributed by atoms with Gasteiger partial charge in [-0.05, 0) is 56.3 Å². The van der Waals surface area contributed by atoms with Gasteiger partial charge >= 0.3 is 0 Å². The molecule has 0 spiro atoms. The number of hydrogen-bond donors (Lipinski definition) is 1. The van der Waals surface area contributed by atoms with Gasteiger partial charge in [-0.25, -0.2) is 4.39 Å². The molecule has 29 heavy (non-hydrogen) atoms. The van der Waals surface area contributed by atoms with Crippen LogP contribution in [0.3, 0.4) is 0 Å². The lowest BCUT2D eigenvalue weighted by Gasteiger charge is -2.26. The van der Waals surface area contributed by atoms with Crippen molar-refractivity contribution in [2.45, 2.75) is 25.8 Å². The molecule has 7 heteroatoms. The van der Waals surface area contributed by atoms with Gasteiger partial charge in [0.2, 0.25) is 11.7 Å². The fourth-order valence-electron chi connectivity index (χ4n) is 3.17. The predicted molar refractivity (Wildman–Crippen MR) is 108 cm³/mol. The predicted octanol–water partition coefficient (Wildman–Crippen LogP) is 3.79. The number of ether oxygens (including phenoxy) is 1. The van der Waals surface area contributed by atoms with Crippen molar-refractivity contribution in [3.05, 3.63) is 65.3 Å². The number of aromatic nitrogens is 2. The average Bonchev–Trinajstić information content (AvgIpc) is 3.20. The Morgan fingerprint density at radius 3 is 2.62 bits per heavy atom. The van der Waals surface area contributed by atoms with Crippen molar-refractivity contribution in [2.24, 2.45) is 0 Å². The SMILES string of the molecule is COc1ccc(C(CO)N(C)CCCc2nc(-c3ccc(C)c(F)c3)no2)cc1. The van der Waals surface area contributed by atoms with Gasteiger partial charge < -0.3 is 14.4 Å². The van der Waals surface area contributed by atoms with Crippen LogP contribution in [0.4, 0.5) is 4.39 Å². The van der Waals surface area contributed by atoms with Gasteiger partial charge in [0.15, 0.2) is 0 Å². The van der Waals surface area contributed by atoms with Gasteiger partial charge in [-0.1, -0.05) is 29.4 Å². The lowest BCUT2D eigenvalue weighted by atomic mass is 10.1. The van der Waals surface area contributed by atoms with E-state index in [2.05, 4.69) is 15.0 Å². The van der Waals surface area contributed by atoms with Crippen molar-refractivity contribution in [3.8, 4) is 17.1 Å². The lowest BCUT2D eigenvalue weighted by molar-refractivity contribution is 0.146. The number of likely N-dealkylation sites (N-methyl/N-ethyl adjacent to an activating group) is 1. The monoisotopic (exact) mass is 399 g/mol. The number of rotatable bonds is 9.